The lowest BCUT2D eigenvalue weighted by atomic mass is 10.1. The van der Waals surface area contributed by atoms with Gasteiger partial charge in [0.2, 0.25) is 0 Å². The molecule has 1 amide bonds. The van der Waals surface area contributed by atoms with Crippen LogP contribution >= 0.6 is 0 Å². The molecule has 1 aliphatic heterocycles. The van der Waals surface area contributed by atoms with E-state index in [9.17, 15) is 9.18 Å². The summed E-state index contributed by atoms with van der Waals surface area (Å²) < 4.78 is 26.3. The van der Waals surface area contributed by atoms with Crippen LogP contribution in [0.3, 0.4) is 0 Å². The van der Waals surface area contributed by atoms with Gasteiger partial charge in [-0.15, -0.1) is 0 Å². The average Bonchev–Trinajstić information content (AvgIpc) is 2.97. The predicted molar refractivity (Wildman–Crippen MR) is 96.6 cm³/mol. The van der Waals surface area contributed by atoms with Crippen molar-refractivity contribution in [1.29, 1.82) is 0 Å². The van der Waals surface area contributed by atoms with Crippen LogP contribution in [0.1, 0.15) is 17.0 Å². The first-order valence-electron chi connectivity index (χ1n) is 8.43. The maximum absolute atomic E-state index is 13.8. The average molecular weight is 359 g/mol. The molecule has 1 aliphatic rings. The smallest absolute Gasteiger partial charge is 0.409 e. The van der Waals surface area contributed by atoms with E-state index < -0.39 is 5.83 Å². The number of halogens is 1. The third-order valence-corrected chi connectivity index (χ3v) is 4.37. The number of hydrogen-bond donors (Lipinski definition) is 0. The minimum Gasteiger partial charge on any atom is -0.453 e. The van der Waals surface area contributed by atoms with Gasteiger partial charge in [-0.1, -0.05) is 6.58 Å². The molecule has 2 aromatic rings. The molecule has 0 bridgehead atoms. The van der Waals surface area contributed by atoms with Gasteiger partial charge in [0, 0.05) is 25.2 Å². The summed E-state index contributed by atoms with van der Waals surface area (Å²) in [7, 11) is 1.36. The highest BCUT2D eigenvalue weighted by Gasteiger charge is 2.26. The molecule has 0 aliphatic carbocycles. The Balaban J connectivity index is 1.93. The van der Waals surface area contributed by atoms with E-state index in [0.29, 0.717) is 31.8 Å². The first-order valence-corrected chi connectivity index (χ1v) is 8.43. The molecule has 3 heterocycles. The van der Waals surface area contributed by atoms with Gasteiger partial charge >= 0.3 is 6.09 Å². The molecule has 138 valence electrons. The molecule has 6 nitrogen and oxygen atoms in total. The predicted octanol–water partition coefficient (Wildman–Crippen LogP) is 3.15. The fourth-order valence-electron chi connectivity index (χ4n) is 3.08. The van der Waals surface area contributed by atoms with Crippen LogP contribution in [0, 0.1) is 6.92 Å². The second-order valence-electron chi connectivity index (χ2n) is 6.22. The molecular weight excluding hydrogens is 337 g/mol. The van der Waals surface area contributed by atoms with Crippen LogP contribution < -0.4 is 0 Å². The fourth-order valence-corrected chi connectivity index (χ4v) is 3.08. The summed E-state index contributed by atoms with van der Waals surface area (Å²) in [5, 5.41) is 0. The summed E-state index contributed by atoms with van der Waals surface area (Å²) in [6.07, 6.45) is 4.33. The van der Waals surface area contributed by atoms with Crippen LogP contribution in [0.15, 0.2) is 36.8 Å². The van der Waals surface area contributed by atoms with E-state index in [1.807, 2.05) is 29.7 Å². The standard InChI is InChI=1S/C19H22FN3O3/c1-4-14(20)10-16-17(23-6-5-13(2)9-18(23)21-16)11-15-12-22(7-8-26-15)19(24)25-3/h4-6,9-10,15H,1,7-8,11-12H2,2-3H3/b14-10-/t15-/m0/s1. The molecule has 1 atom stereocenters. The number of fused-ring (bicyclic) bond motifs is 1. The van der Waals surface area contributed by atoms with Crippen molar-refractivity contribution >= 4 is 17.8 Å². The topological polar surface area (TPSA) is 56.1 Å². The molecule has 0 radical (unpaired) electrons. The Labute approximate surface area is 151 Å². The second-order valence-corrected chi connectivity index (χ2v) is 6.22. The summed E-state index contributed by atoms with van der Waals surface area (Å²) in [5.41, 5.74) is 3.17. The van der Waals surface area contributed by atoms with Crippen LogP contribution in [0.2, 0.25) is 0 Å². The Morgan fingerprint density at radius 2 is 2.38 bits per heavy atom. The number of carbonyl (C=O) groups is 1. The molecule has 0 spiro atoms. The zero-order valence-electron chi connectivity index (χ0n) is 14.9. The van der Waals surface area contributed by atoms with E-state index >= 15 is 0 Å². The Kier molecular flexibility index (Phi) is 5.37. The first kappa shape index (κ1) is 18.1. The van der Waals surface area contributed by atoms with Gasteiger partial charge < -0.3 is 18.8 Å². The quantitative estimate of drug-likeness (QED) is 0.787. The van der Waals surface area contributed by atoms with Gasteiger partial charge in [0.1, 0.15) is 11.5 Å². The van der Waals surface area contributed by atoms with E-state index in [0.717, 1.165) is 23.0 Å². The number of aryl methyl sites for hydroxylation is 1. The lowest BCUT2D eigenvalue weighted by Crippen LogP contribution is -2.46. The Morgan fingerprint density at radius 1 is 1.58 bits per heavy atom. The highest BCUT2D eigenvalue weighted by Crippen LogP contribution is 2.21. The third-order valence-electron chi connectivity index (χ3n) is 4.37. The van der Waals surface area contributed by atoms with Crippen molar-refractivity contribution in [3.63, 3.8) is 0 Å². The number of rotatable bonds is 4. The Morgan fingerprint density at radius 3 is 3.12 bits per heavy atom. The van der Waals surface area contributed by atoms with Crippen molar-refractivity contribution in [1.82, 2.24) is 14.3 Å². The van der Waals surface area contributed by atoms with Crippen molar-refractivity contribution in [3.8, 4) is 0 Å². The molecule has 0 unspecified atom stereocenters. The Hall–Kier alpha value is -2.67. The highest BCUT2D eigenvalue weighted by atomic mass is 19.1. The van der Waals surface area contributed by atoms with E-state index in [4.69, 9.17) is 9.47 Å². The van der Waals surface area contributed by atoms with Crippen molar-refractivity contribution in [2.75, 3.05) is 26.8 Å². The number of methoxy groups -OCH3 is 1. The minimum atomic E-state index is -0.452. The van der Waals surface area contributed by atoms with Crippen molar-refractivity contribution < 1.29 is 18.7 Å². The number of ether oxygens (including phenoxy) is 2. The number of amides is 1. The highest BCUT2D eigenvalue weighted by molar-refractivity contribution is 5.67. The lowest BCUT2D eigenvalue weighted by molar-refractivity contribution is -0.0241. The zero-order valence-corrected chi connectivity index (χ0v) is 14.9. The summed E-state index contributed by atoms with van der Waals surface area (Å²) in [5.74, 6) is -0.452. The minimum absolute atomic E-state index is 0.219. The largest absolute Gasteiger partial charge is 0.453 e. The van der Waals surface area contributed by atoms with Crippen molar-refractivity contribution in [2.24, 2.45) is 0 Å². The van der Waals surface area contributed by atoms with Gasteiger partial charge in [-0.05, 0) is 30.7 Å². The number of carbonyl (C=O) groups excluding carboxylic acids is 1. The second kappa shape index (κ2) is 7.70. The van der Waals surface area contributed by atoms with Gasteiger partial charge in [-0.2, -0.15) is 0 Å². The maximum atomic E-state index is 13.8. The molecule has 1 fully saturated rings. The van der Waals surface area contributed by atoms with Crippen LogP contribution in [-0.2, 0) is 15.9 Å². The summed E-state index contributed by atoms with van der Waals surface area (Å²) in [6, 6.07) is 3.91. The van der Waals surface area contributed by atoms with E-state index in [-0.39, 0.29) is 12.2 Å². The normalized spacial score (nSPS) is 18.2. The van der Waals surface area contributed by atoms with Crippen LogP contribution in [0.4, 0.5) is 9.18 Å². The van der Waals surface area contributed by atoms with Gasteiger partial charge in [-0.25, -0.2) is 14.2 Å². The van der Waals surface area contributed by atoms with Crippen LogP contribution in [-0.4, -0.2) is 53.3 Å². The van der Waals surface area contributed by atoms with Gasteiger partial charge in [0.05, 0.1) is 37.8 Å². The van der Waals surface area contributed by atoms with E-state index in [1.54, 1.807) is 4.90 Å². The molecule has 3 rings (SSSR count). The molecule has 26 heavy (non-hydrogen) atoms. The van der Waals surface area contributed by atoms with Gasteiger partial charge in [-0.3, -0.25) is 0 Å². The summed E-state index contributed by atoms with van der Waals surface area (Å²) in [6.45, 7) is 6.77. The van der Waals surface area contributed by atoms with Crippen LogP contribution in [0.5, 0.6) is 0 Å². The SMILES string of the molecule is C=C/C(F)=C/c1nc2cc(C)ccn2c1C[C@H]1CN(C(=O)OC)CCO1. The monoisotopic (exact) mass is 359 g/mol. The summed E-state index contributed by atoms with van der Waals surface area (Å²) in [4.78, 5) is 17.9. The molecule has 0 N–H and O–H groups in total. The number of aromatic nitrogens is 2. The fraction of sp³-hybridized carbons (Fsp3) is 0.368. The molecular formula is C19H22FN3O3. The Bertz CT molecular complexity index is 859. The van der Waals surface area contributed by atoms with E-state index in [2.05, 4.69) is 11.6 Å². The third kappa shape index (κ3) is 3.77. The molecule has 0 aromatic carbocycles. The number of imidazole rings is 1. The molecule has 0 saturated carbocycles. The number of allylic oxidation sites excluding steroid dienone is 2. The number of pyridine rings is 1. The molecule has 7 heteroatoms. The van der Waals surface area contributed by atoms with E-state index in [1.165, 1.54) is 13.2 Å². The van der Waals surface area contributed by atoms with Crippen molar-refractivity contribution in [2.45, 2.75) is 19.4 Å². The first-order chi connectivity index (χ1) is 12.5. The maximum Gasteiger partial charge on any atom is 0.409 e. The molecule has 2 aromatic heterocycles. The van der Waals surface area contributed by atoms with Gasteiger partial charge in [0.15, 0.2) is 0 Å². The van der Waals surface area contributed by atoms with Crippen molar-refractivity contribution in [3.05, 3.63) is 53.8 Å². The lowest BCUT2D eigenvalue weighted by Gasteiger charge is -2.31. The summed E-state index contributed by atoms with van der Waals surface area (Å²) >= 11 is 0. The van der Waals surface area contributed by atoms with Gasteiger partial charge in [0.25, 0.3) is 0 Å². The van der Waals surface area contributed by atoms with Crippen LogP contribution in [0.25, 0.3) is 11.7 Å². The molecule has 1 saturated heterocycles. The number of hydrogen-bond acceptors (Lipinski definition) is 4. The number of morpholine rings is 1. The zero-order chi connectivity index (χ0) is 18.7. The number of nitrogens with zero attached hydrogens (tertiary/aromatic N) is 3.